The van der Waals surface area contributed by atoms with Crippen molar-refractivity contribution in [1.29, 1.82) is 0 Å². The molecule has 15 heavy (non-hydrogen) atoms. The molecule has 0 aromatic carbocycles. The lowest BCUT2D eigenvalue weighted by Gasteiger charge is -2.01. The van der Waals surface area contributed by atoms with Crippen molar-refractivity contribution in [3.05, 3.63) is 35.0 Å². The Bertz CT molecular complexity index is 489. The number of aromatic nitrogens is 2. The third kappa shape index (κ3) is 2.10. The van der Waals surface area contributed by atoms with E-state index in [-0.39, 0.29) is 5.91 Å². The van der Waals surface area contributed by atoms with E-state index >= 15 is 0 Å². The minimum Gasteiger partial charge on any atom is -0.457 e. The number of furan rings is 1. The predicted molar refractivity (Wildman–Crippen MR) is 57.6 cm³/mol. The number of nitrogens with zero attached hydrogens (tertiary/aromatic N) is 2. The number of carbonyl (C=O) groups excluding carboxylic acids is 1. The highest BCUT2D eigenvalue weighted by Gasteiger charge is 2.11. The first kappa shape index (κ1) is 9.97. The number of imidazole rings is 1. The molecule has 0 aliphatic carbocycles. The minimum absolute atomic E-state index is 0.251. The van der Waals surface area contributed by atoms with Gasteiger partial charge in [-0.25, -0.2) is 4.98 Å². The van der Waals surface area contributed by atoms with Crippen molar-refractivity contribution in [3.63, 3.8) is 0 Å². The fourth-order valence-electron chi connectivity index (χ4n) is 1.09. The van der Waals surface area contributed by atoms with E-state index in [0.717, 1.165) is 0 Å². The number of anilines is 1. The fourth-order valence-corrected chi connectivity index (χ4v) is 1.43. The summed E-state index contributed by atoms with van der Waals surface area (Å²) in [6.45, 7) is 0. The maximum absolute atomic E-state index is 11.6. The number of carbonyl (C=O) groups is 1. The molecule has 78 valence electrons. The number of hydrogen-bond donors (Lipinski definition) is 1. The van der Waals surface area contributed by atoms with E-state index in [9.17, 15) is 4.79 Å². The summed E-state index contributed by atoms with van der Waals surface area (Å²) in [6.07, 6.45) is 4.74. The summed E-state index contributed by atoms with van der Waals surface area (Å²) in [4.78, 5) is 15.6. The SMILES string of the molecule is Cn1ccnc1NC(=O)c1coc(Br)c1. The molecular formula is C9H8BrN3O2. The Morgan fingerprint density at radius 1 is 1.67 bits per heavy atom. The van der Waals surface area contributed by atoms with Gasteiger partial charge in [-0.05, 0) is 15.9 Å². The summed E-state index contributed by atoms with van der Waals surface area (Å²) in [7, 11) is 1.80. The number of rotatable bonds is 2. The molecule has 0 aliphatic heterocycles. The Hall–Kier alpha value is -1.56. The zero-order chi connectivity index (χ0) is 10.8. The van der Waals surface area contributed by atoms with E-state index < -0.39 is 0 Å². The van der Waals surface area contributed by atoms with Crippen LogP contribution in [-0.4, -0.2) is 15.5 Å². The molecule has 5 nitrogen and oxygen atoms in total. The van der Waals surface area contributed by atoms with Crippen LogP contribution in [0.25, 0.3) is 0 Å². The Kier molecular flexibility index (Phi) is 2.59. The van der Waals surface area contributed by atoms with Gasteiger partial charge in [0.1, 0.15) is 6.26 Å². The van der Waals surface area contributed by atoms with E-state index in [0.29, 0.717) is 16.2 Å². The lowest BCUT2D eigenvalue weighted by atomic mass is 10.3. The van der Waals surface area contributed by atoms with Crippen molar-refractivity contribution >= 4 is 27.8 Å². The topological polar surface area (TPSA) is 60.1 Å². The first-order valence-electron chi connectivity index (χ1n) is 4.19. The molecule has 2 heterocycles. The van der Waals surface area contributed by atoms with E-state index in [4.69, 9.17) is 4.42 Å². The van der Waals surface area contributed by atoms with Crippen LogP contribution < -0.4 is 5.32 Å². The normalized spacial score (nSPS) is 10.3. The summed E-state index contributed by atoms with van der Waals surface area (Å²) in [6, 6.07) is 1.60. The molecule has 0 radical (unpaired) electrons. The smallest absolute Gasteiger partial charge is 0.261 e. The highest BCUT2D eigenvalue weighted by atomic mass is 79.9. The van der Waals surface area contributed by atoms with Gasteiger partial charge in [-0.15, -0.1) is 0 Å². The van der Waals surface area contributed by atoms with Crippen molar-refractivity contribution in [2.24, 2.45) is 7.05 Å². The second-order valence-corrected chi connectivity index (χ2v) is 3.74. The third-order valence-corrected chi connectivity index (χ3v) is 2.29. The molecule has 0 aliphatic rings. The van der Waals surface area contributed by atoms with Gasteiger partial charge in [-0.1, -0.05) is 0 Å². The molecule has 0 bridgehead atoms. The molecule has 0 atom stereocenters. The van der Waals surface area contributed by atoms with E-state index in [1.807, 2.05) is 0 Å². The molecule has 0 saturated carbocycles. The zero-order valence-corrected chi connectivity index (χ0v) is 9.48. The Morgan fingerprint density at radius 3 is 3.00 bits per heavy atom. The van der Waals surface area contributed by atoms with Crippen LogP contribution >= 0.6 is 15.9 Å². The van der Waals surface area contributed by atoms with Crippen LogP contribution in [-0.2, 0) is 7.05 Å². The summed E-state index contributed by atoms with van der Waals surface area (Å²) in [5.41, 5.74) is 0.449. The number of nitrogens with one attached hydrogen (secondary N) is 1. The summed E-state index contributed by atoms with van der Waals surface area (Å²) >= 11 is 3.13. The third-order valence-electron chi connectivity index (χ3n) is 1.88. The molecular weight excluding hydrogens is 262 g/mol. The molecule has 2 aromatic heterocycles. The molecule has 2 rings (SSSR count). The number of aryl methyl sites for hydroxylation is 1. The minimum atomic E-state index is -0.251. The van der Waals surface area contributed by atoms with Crippen LogP contribution in [0, 0.1) is 0 Å². The second kappa shape index (κ2) is 3.90. The van der Waals surface area contributed by atoms with E-state index in [1.165, 1.54) is 6.26 Å². The molecule has 0 saturated heterocycles. The number of amides is 1. The van der Waals surface area contributed by atoms with Crippen LogP contribution in [0.3, 0.4) is 0 Å². The van der Waals surface area contributed by atoms with Crippen molar-refractivity contribution in [2.45, 2.75) is 0 Å². The largest absolute Gasteiger partial charge is 0.457 e. The van der Waals surface area contributed by atoms with E-state index in [2.05, 4.69) is 26.2 Å². The van der Waals surface area contributed by atoms with Crippen LogP contribution in [0.5, 0.6) is 0 Å². The highest BCUT2D eigenvalue weighted by molar-refractivity contribution is 9.10. The maximum Gasteiger partial charge on any atom is 0.261 e. The van der Waals surface area contributed by atoms with Crippen LogP contribution in [0.4, 0.5) is 5.95 Å². The van der Waals surface area contributed by atoms with Gasteiger partial charge in [0, 0.05) is 25.5 Å². The van der Waals surface area contributed by atoms with Gasteiger partial charge in [0.2, 0.25) is 5.95 Å². The Balaban J connectivity index is 2.14. The van der Waals surface area contributed by atoms with Crippen molar-refractivity contribution in [2.75, 3.05) is 5.32 Å². The van der Waals surface area contributed by atoms with Crippen LogP contribution in [0.15, 0.2) is 33.8 Å². The maximum atomic E-state index is 11.6. The summed E-state index contributed by atoms with van der Waals surface area (Å²) in [5.74, 6) is 0.246. The van der Waals surface area contributed by atoms with Gasteiger partial charge in [0.05, 0.1) is 5.56 Å². The van der Waals surface area contributed by atoms with Gasteiger partial charge in [-0.2, -0.15) is 0 Å². The van der Waals surface area contributed by atoms with Crippen molar-refractivity contribution < 1.29 is 9.21 Å². The highest BCUT2D eigenvalue weighted by Crippen LogP contribution is 2.15. The lowest BCUT2D eigenvalue weighted by molar-refractivity contribution is 0.102. The Labute approximate surface area is 94.2 Å². The molecule has 2 aromatic rings. The quantitative estimate of drug-likeness (QED) is 0.908. The van der Waals surface area contributed by atoms with Gasteiger partial charge in [-0.3, -0.25) is 10.1 Å². The molecule has 1 N–H and O–H groups in total. The standard InChI is InChI=1S/C9H8BrN3O2/c1-13-3-2-11-9(13)12-8(14)6-4-7(10)15-5-6/h2-5H,1H3,(H,11,12,14). The first-order chi connectivity index (χ1) is 7.16. The van der Waals surface area contributed by atoms with Gasteiger partial charge in [0.15, 0.2) is 4.67 Å². The van der Waals surface area contributed by atoms with Gasteiger partial charge in [0.25, 0.3) is 5.91 Å². The molecule has 6 heteroatoms. The van der Waals surface area contributed by atoms with Gasteiger partial charge >= 0.3 is 0 Å². The van der Waals surface area contributed by atoms with Gasteiger partial charge < -0.3 is 8.98 Å². The summed E-state index contributed by atoms with van der Waals surface area (Å²) < 4.78 is 7.20. The molecule has 1 amide bonds. The second-order valence-electron chi connectivity index (χ2n) is 2.96. The molecule has 0 fully saturated rings. The van der Waals surface area contributed by atoms with E-state index in [1.54, 1.807) is 30.1 Å². The number of hydrogen-bond acceptors (Lipinski definition) is 3. The van der Waals surface area contributed by atoms with Crippen molar-refractivity contribution in [1.82, 2.24) is 9.55 Å². The molecule has 0 spiro atoms. The fraction of sp³-hybridized carbons (Fsp3) is 0.111. The molecule has 0 unspecified atom stereocenters. The monoisotopic (exact) mass is 269 g/mol. The average molecular weight is 270 g/mol. The Morgan fingerprint density at radius 2 is 2.47 bits per heavy atom. The van der Waals surface area contributed by atoms with Crippen molar-refractivity contribution in [3.8, 4) is 0 Å². The first-order valence-corrected chi connectivity index (χ1v) is 4.99. The zero-order valence-electron chi connectivity index (χ0n) is 7.90. The average Bonchev–Trinajstić information content (AvgIpc) is 2.77. The predicted octanol–water partition coefficient (Wildman–Crippen LogP) is 2.03. The number of halogens is 1. The van der Waals surface area contributed by atoms with Crippen LogP contribution in [0.1, 0.15) is 10.4 Å². The summed E-state index contributed by atoms with van der Waals surface area (Å²) in [5, 5.41) is 2.65. The lowest BCUT2D eigenvalue weighted by Crippen LogP contribution is -2.14. The van der Waals surface area contributed by atoms with Crippen LogP contribution in [0.2, 0.25) is 0 Å².